The van der Waals surface area contributed by atoms with Crippen LogP contribution in [0.1, 0.15) is 59.1 Å². The first kappa shape index (κ1) is 18.4. The Morgan fingerprint density at radius 2 is 1.88 bits per heavy atom. The second kappa shape index (κ2) is 8.28. The Kier molecular flexibility index (Phi) is 6.36. The van der Waals surface area contributed by atoms with Crippen molar-refractivity contribution in [2.75, 3.05) is 0 Å². The largest absolute Gasteiger partial charge is 0.449 e. The lowest BCUT2D eigenvalue weighted by atomic mass is 9.96. The van der Waals surface area contributed by atoms with Crippen LogP contribution in [0.4, 0.5) is 4.79 Å². The first-order chi connectivity index (χ1) is 11.4. The predicted octanol–water partition coefficient (Wildman–Crippen LogP) is 3.07. The maximum Gasteiger partial charge on any atom is 0.340 e. The first-order valence-corrected chi connectivity index (χ1v) is 9.08. The van der Waals surface area contributed by atoms with Crippen molar-refractivity contribution in [3.8, 4) is 0 Å². The molecule has 1 aromatic rings. The van der Waals surface area contributed by atoms with Crippen LogP contribution in [0.2, 0.25) is 0 Å². The second-order valence-corrected chi connectivity index (χ2v) is 7.63. The number of carbonyl (C=O) groups excluding carboxylic acids is 3. The average molecular weight is 352 g/mol. The zero-order valence-corrected chi connectivity index (χ0v) is 15.1. The van der Waals surface area contributed by atoms with Crippen LogP contribution in [0.15, 0.2) is 6.07 Å². The third kappa shape index (κ3) is 5.06. The van der Waals surface area contributed by atoms with Crippen molar-refractivity contribution >= 4 is 29.2 Å². The summed E-state index contributed by atoms with van der Waals surface area (Å²) < 4.78 is 5.16. The van der Waals surface area contributed by atoms with Gasteiger partial charge in [0.05, 0.1) is 5.56 Å². The Bertz CT molecular complexity index is 620. The summed E-state index contributed by atoms with van der Waals surface area (Å²) in [6.45, 7) is 5.19. The van der Waals surface area contributed by atoms with Gasteiger partial charge in [-0.3, -0.25) is 10.1 Å². The molecule has 3 amide bonds. The molecule has 0 spiro atoms. The second-order valence-electron chi connectivity index (χ2n) is 6.17. The SMILES string of the molecule is Cc1cc(C(=O)O[C@H](C)C(=O)NC(=O)NC2CCCCC2)c(C)s1. The number of ether oxygens (including phenoxy) is 1. The van der Waals surface area contributed by atoms with E-state index >= 15 is 0 Å². The summed E-state index contributed by atoms with van der Waals surface area (Å²) in [6, 6.07) is 1.32. The third-order valence-corrected chi connectivity index (χ3v) is 5.06. The molecule has 1 aromatic heterocycles. The Morgan fingerprint density at radius 1 is 1.21 bits per heavy atom. The molecule has 1 atom stereocenters. The van der Waals surface area contributed by atoms with E-state index in [2.05, 4.69) is 10.6 Å². The fourth-order valence-corrected chi connectivity index (χ4v) is 3.70. The summed E-state index contributed by atoms with van der Waals surface area (Å²) in [5, 5.41) is 5.03. The number of rotatable bonds is 4. The minimum Gasteiger partial charge on any atom is -0.449 e. The molecule has 0 saturated heterocycles. The van der Waals surface area contributed by atoms with Gasteiger partial charge in [0.1, 0.15) is 0 Å². The topological polar surface area (TPSA) is 84.5 Å². The van der Waals surface area contributed by atoms with Gasteiger partial charge < -0.3 is 10.1 Å². The zero-order chi connectivity index (χ0) is 17.7. The zero-order valence-electron chi connectivity index (χ0n) is 14.3. The molecular weight excluding hydrogens is 328 g/mol. The van der Waals surface area contributed by atoms with Crippen LogP contribution in [-0.2, 0) is 9.53 Å². The lowest BCUT2D eigenvalue weighted by molar-refractivity contribution is -0.127. The van der Waals surface area contributed by atoms with Crippen molar-refractivity contribution in [1.82, 2.24) is 10.6 Å². The van der Waals surface area contributed by atoms with Crippen molar-refractivity contribution in [2.45, 2.75) is 65.0 Å². The Hall–Kier alpha value is -1.89. The van der Waals surface area contributed by atoms with Gasteiger partial charge in [-0.15, -0.1) is 11.3 Å². The number of esters is 1. The van der Waals surface area contributed by atoms with Crippen molar-refractivity contribution < 1.29 is 19.1 Å². The van der Waals surface area contributed by atoms with Gasteiger partial charge in [-0.25, -0.2) is 9.59 Å². The van der Waals surface area contributed by atoms with Crippen LogP contribution in [-0.4, -0.2) is 30.1 Å². The number of hydrogen-bond donors (Lipinski definition) is 2. The van der Waals surface area contributed by atoms with Crippen LogP contribution in [0.25, 0.3) is 0 Å². The highest BCUT2D eigenvalue weighted by Crippen LogP contribution is 2.21. The summed E-state index contributed by atoms with van der Waals surface area (Å²) in [4.78, 5) is 37.8. The normalized spacial score (nSPS) is 16.3. The van der Waals surface area contributed by atoms with Gasteiger partial charge >= 0.3 is 12.0 Å². The standard InChI is InChI=1S/C17H24N2O4S/c1-10-9-14(12(3)24-10)16(21)23-11(2)15(20)19-17(22)18-13-7-5-4-6-8-13/h9,11,13H,4-8H2,1-3H3,(H2,18,19,20,22)/t11-/m1/s1. The molecule has 0 aromatic carbocycles. The van der Waals surface area contributed by atoms with Gasteiger partial charge in [-0.05, 0) is 39.7 Å². The molecule has 7 heteroatoms. The number of carbonyl (C=O) groups is 3. The van der Waals surface area contributed by atoms with Crippen molar-refractivity contribution in [3.63, 3.8) is 0 Å². The highest BCUT2D eigenvalue weighted by atomic mass is 32.1. The van der Waals surface area contributed by atoms with E-state index in [0.29, 0.717) is 5.56 Å². The molecule has 6 nitrogen and oxygen atoms in total. The third-order valence-electron chi connectivity index (χ3n) is 4.09. The number of amides is 3. The van der Waals surface area contributed by atoms with Crippen LogP contribution in [0.5, 0.6) is 0 Å². The van der Waals surface area contributed by atoms with Gasteiger partial charge in [0.15, 0.2) is 6.10 Å². The molecule has 2 rings (SSSR count). The molecule has 1 saturated carbocycles. The lowest BCUT2D eigenvalue weighted by Crippen LogP contribution is -2.48. The van der Waals surface area contributed by atoms with Crippen molar-refractivity contribution in [1.29, 1.82) is 0 Å². The van der Waals surface area contributed by atoms with E-state index in [1.165, 1.54) is 24.7 Å². The average Bonchev–Trinajstić information content (AvgIpc) is 2.86. The van der Waals surface area contributed by atoms with Crippen LogP contribution in [0, 0.1) is 13.8 Å². The smallest absolute Gasteiger partial charge is 0.340 e. The molecule has 1 heterocycles. The number of imide groups is 1. The Balaban J connectivity index is 1.81. The minimum atomic E-state index is -1.03. The number of aryl methyl sites for hydroxylation is 2. The highest BCUT2D eigenvalue weighted by Gasteiger charge is 2.23. The maximum absolute atomic E-state index is 12.1. The van der Waals surface area contributed by atoms with Crippen molar-refractivity contribution in [2.24, 2.45) is 0 Å². The molecular formula is C17H24N2O4S. The van der Waals surface area contributed by atoms with E-state index < -0.39 is 24.0 Å². The number of urea groups is 1. The van der Waals surface area contributed by atoms with Gasteiger partial charge in [0, 0.05) is 15.8 Å². The van der Waals surface area contributed by atoms with E-state index in [1.807, 2.05) is 13.8 Å². The van der Waals surface area contributed by atoms with Gasteiger partial charge in [0.2, 0.25) is 0 Å². The number of thiophene rings is 1. The molecule has 0 radical (unpaired) electrons. The molecule has 2 N–H and O–H groups in total. The molecule has 0 unspecified atom stereocenters. The van der Waals surface area contributed by atoms with Crippen LogP contribution in [0.3, 0.4) is 0 Å². The summed E-state index contributed by atoms with van der Waals surface area (Å²) in [5.41, 5.74) is 0.462. The fourth-order valence-electron chi connectivity index (χ4n) is 2.79. The molecule has 1 fully saturated rings. The Labute approximate surface area is 146 Å². The van der Waals surface area contributed by atoms with E-state index in [1.54, 1.807) is 6.07 Å². The molecule has 1 aliphatic rings. The van der Waals surface area contributed by atoms with E-state index in [0.717, 1.165) is 35.4 Å². The van der Waals surface area contributed by atoms with E-state index in [-0.39, 0.29) is 6.04 Å². The number of hydrogen-bond acceptors (Lipinski definition) is 5. The van der Waals surface area contributed by atoms with Gasteiger partial charge in [-0.1, -0.05) is 19.3 Å². The molecule has 132 valence electrons. The predicted molar refractivity (Wildman–Crippen MR) is 92.2 cm³/mol. The summed E-state index contributed by atoms with van der Waals surface area (Å²) in [5.74, 6) is -1.17. The monoisotopic (exact) mass is 352 g/mol. The quantitative estimate of drug-likeness (QED) is 0.816. The maximum atomic E-state index is 12.1. The lowest BCUT2D eigenvalue weighted by Gasteiger charge is -2.23. The molecule has 0 bridgehead atoms. The van der Waals surface area contributed by atoms with Crippen molar-refractivity contribution in [3.05, 3.63) is 21.4 Å². The molecule has 0 aliphatic heterocycles. The summed E-state index contributed by atoms with van der Waals surface area (Å²) in [7, 11) is 0. The molecule has 1 aliphatic carbocycles. The summed E-state index contributed by atoms with van der Waals surface area (Å²) in [6.07, 6.45) is 4.20. The van der Waals surface area contributed by atoms with Crippen LogP contribution < -0.4 is 10.6 Å². The van der Waals surface area contributed by atoms with Gasteiger partial charge in [-0.2, -0.15) is 0 Å². The first-order valence-electron chi connectivity index (χ1n) is 8.26. The summed E-state index contributed by atoms with van der Waals surface area (Å²) >= 11 is 1.50. The molecule has 24 heavy (non-hydrogen) atoms. The fraction of sp³-hybridized carbons (Fsp3) is 0.588. The highest BCUT2D eigenvalue weighted by molar-refractivity contribution is 7.12. The van der Waals surface area contributed by atoms with E-state index in [4.69, 9.17) is 4.74 Å². The number of nitrogens with one attached hydrogen (secondary N) is 2. The van der Waals surface area contributed by atoms with E-state index in [9.17, 15) is 14.4 Å². The van der Waals surface area contributed by atoms with Gasteiger partial charge in [0.25, 0.3) is 5.91 Å². The Morgan fingerprint density at radius 3 is 2.46 bits per heavy atom. The van der Waals surface area contributed by atoms with Crippen LogP contribution >= 0.6 is 11.3 Å². The minimum absolute atomic E-state index is 0.112.